The van der Waals surface area contributed by atoms with Crippen LogP contribution in [0.4, 0.5) is 0 Å². The van der Waals surface area contributed by atoms with Gasteiger partial charge in [0.15, 0.2) is 0 Å². The summed E-state index contributed by atoms with van der Waals surface area (Å²) in [7, 11) is 0. The van der Waals surface area contributed by atoms with Gasteiger partial charge in [-0.2, -0.15) is 11.3 Å². The second kappa shape index (κ2) is 7.98. The lowest BCUT2D eigenvalue weighted by Crippen LogP contribution is -2.41. The van der Waals surface area contributed by atoms with Crippen molar-refractivity contribution in [2.45, 2.75) is 20.3 Å². The number of fused-ring (bicyclic) bond motifs is 1. The van der Waals surface area contributed by atoms with Gasteiger partial charge < -0.3 is 14.6 Å². The second-order valence-corrected chi connectivity index (χ2v) is 8.59. The summed E-state index contributed by atoms with van der Waals surface area (Å²) in [6, 6.07) is 1.94. The molecular weight excluding hydrogens is 394 g/mol. The predicted octanol–water partition coefficient (Wildman–Crippen LogP) is 3.32. The van der Waals surface area contributed by atoms with Crippen LogP contribution in [0.5, 0.6) is 0 Å². The summed E-state index contributed by atoms with van der Waals surface area (Å²) in [5.74, 6) is 0.185. The van der Waals surface area contributed by atoms with Crippen LogP contribution in [0.3, 0.4) is 0 Å². The van der Waals surface area contributed by atoms with Crippen LogP contribution < -0.4 is 5.56 Å². The van der Waals surface area contributed by atoms with Gasteiger partial charge in [0.25, 0.3) is 11.5 Å². The fraction of sp³-hybridized carbons (Fsp3) is 0.350. The van der Waals surface area contributed by atoms with Crippen molar-refractivity contribution in [2.24, 2.45) is 0 Å². The largest absolute Gasteiger partial charge is 0.378 e. The summed E-state index contributed by atoms with van der Waals surface area (Å²) >= 11 is 3.06. The Bertz CT molecular complexity index is 1090. The van der Waals surface area contributed by atoms with Gasteiger partial charge in [0.05, 0.1) is 24.2 Å². The maximum absolute atomic E-state index is 13.2. The van der Waals surface area contributed by atoms with Crippen LogP contribution in [-0.2, 0) is 16.0 Å². The number of amides is 1. The highest BCUT2D eigenvalue weighted by Gasteiger charge is 2.25. The first-order chi connectivity index (χ1) is 13.6. The van der Waals surface area contributed by atoms with E-state index in [4.69, 9.17) is 4.74 Å². The first-order valence-electron chi connectivity index (χ1n) is 9.22. The van der Waals surface area contributed by atoms with Gasteiger partial charge in [-0.15, -0.1) is 11.3 Å². The molecule has 0 bridgehead atoms. The average Bonchev–Trinajstić information content (AvgIpc) is 3.33. The molecule has 3 aromatic heterocycles. The number of morpholine rings is 1. The van der Waals surface area contributed by atoms with E-state index in [-0.39, 0.29) is 11.5 Å². The van der Waals surface area contributed by atoms with E-state index < -0.39 is 0 Å². The Kier molecular flexibility index (Phi) is 5.43. The molecule has 1 amide bonds. The van der Waals surface area contributed by atoms with E-state index in [0.29, 0.717) is 47.9 Å². The molecule has 0 radical (unpaired) electrons. The number of thiophene rings is 2. The van der Waals surface area contributed by atoms with E-state index in [2.05, 4.69) is 9.97 Å². The quantitative estimate of drug-likeness (QED) is 0.664. The number of ether oxygens (including phenoxy) is 1. The van der Waals surface area contributed by atoms with Gasteiger partial charge >= 0.3 is 0 Å². The minimum atomic E-state index is -0.188. The summed E-state index contributed by atoms with van der Waals surface area (Å²) < 4.78 is 5.36. The normalized spacial score (nSPS) is 15.4. The van der Waals surface area contributed by atoms with E-state index in [1.54, 1.807) is 22.3 Å². The molecule has 0 aromatic carbocycles. The SMILES string of the molecule is CCc1c(C)sc2nc(C(=Cc3ccsc3)C(=O)N3CCOCC3)[nH]c(=O)c12. The first kappa shape index (κ1) is 19.0. The van der Waals surface area contributed by atoms with Gasteiger partial charge in [-0.05, 0) is 47.4 Å². The molecular formula is C20H21N3O3S2. The molecule has 0 aliphatic carbocycles. The van der Waals surface area contributed by atoms with Crippen molar-refractivity contribution in [1.29, 1.82) is 0 Å². The molecule has 1 N–H and O–H groups in total. The van der Waals surface area contributed by atoms with E-state index in [9.17, 15) is 9.59 Å². The molecule has 0 atom stereocenters. The summed E-state index contributed by atoms with van der Waals surface area (Å²) in [5, 5.41) is 4.56. The lowest BCUT2D eigenvalue weighted by Gasteiger charge is -2.27. The molecule has 3 aromatic rings. The molecule has 28 heavy (non-hydrogen) atoms. The third-order valence-corrected chi connectivity index (χ3v) is 6.60. The number of aromatic amines is 1. The molecule has 4 rings (SSSR count). The number of carbonyl (C=O) groups is 1. The Morgan fingerprint density at radius 1 is 1.39 bits per heavy atom. The molecule has 1 saturated heterocycles. The number of nitrogens with one attached hydrogen (secondary N) is 1. The third kappa shape index (κ3) is 3.55. The number of aryl methyl sites for hydroxylation is 2. The molecule has 0 saturated carbocycles. The molecule has 8 heteroatoms. The van der Waals surface area contributed by atoms with Crippen LogP contribution in [0.25, 0.3) is 21.9 Å². The van der Waals surface area contributed by atoms with Gasteiger partial charge in [-0.3, -0.25) is 9.59 Å². The zero-order chi connectivity index (χ0) is 19.7. The Morgan fingerprint density at radius 2 is 2.18 bits per heavy atom. The highest BCUT2D eigenvalue weighted by molar-refractivity contribution is 7.18. The lowest BCUT2D eigenvalue weighted by atomic mass is 10.1. The molecule has 1 fully saturated rings. The van der Waals surface area contributed by atoms with Crippen LogP contribution in [0.2, 0.25) is 0 Å². The van der Waals surface area contributed by atoms with Crippen molar-refractivity contribution in [3.8, 4) is 0 Å². The van der Waals surface area contributed by atoms with Crippen molar-refractivity contribution in [3.63, 3.8) is 0 Å². The Hall–Kier alpha value is -2.29. The van der Waals surface area contributed by atoms with E-state index >= 15 is 0 Å². The standard InChI is InChI=1S/C20H21N3O3S2/c1-3-14-12(2)28-19-16(14)18(24)21-17(22-19)15(10-13-4-9-27-11-13)20(25)23-5-7-26-8-6-23/h4,9-11H,3,5-8H2,1-2H3,(H,21,22,24). The molecule has 1 aliphatic heterocycles. The summed E-state index contributed by atoms with van der Waals surface area (Å²) in [6.07, 6.45) is 2.58. The van der Waals surface area contributed by atoms with Crippen molar-refractivity contribution >= 4 is 50.4 Å². The number of aromatic nitrogens is 2. The fourth-order valence-corrected chi connectivity index (χ4v) is 5.15. The van der Waals surface area contributed by atoms with Crippen molar-refractivity contribution in [3.05, 3.63) is 49.0 Å². The molecule has 0 spiro atoms. The fourth-order valence-electron chi connectivity index (χ4n) is 3.42. The zero-order valence-electron chi connectivity index (χ0n) is 15.8. The zero-order valence-corrected chi connectivity index (χ0v) is 17.4. The maximum Gasteiger partial charge on any atom is 0.260 e. The van der Waals surface area contributed by atoms with Crippen molar-refractivity contribution < 1.29 is 9.53 Å². The molecule has 4 heterocycles. The number of hydrogen-bond acceptors (Lipinski definition) is 6. The summed E-state index contributed by atoms with van der Waals surface area (Å²) in [4.78, 5) is 37.2. The van der Waals surface area contributed by atoms with Gasteiger partial charge in [-0.25, -0.2) is 4.98 Å². The van der Waals surface area contributed by atoms with E-state index in [0.717, 1.165) is 22.4 Å². The second-order valence-electron chi connectivity index (χ2n) is 6.60. The Morgan fingerprint density at radius 3 is 2.86 bits per heavy atom. The van der Waals surface area contributed by atoms with Gasteiger partial charge in [-0.1, -0.05) is 6.92 Å². The topological polar surface area (TPSA) is 75.3 Å². The first-order valence-corrected chi connectivity index (χ1v) is 11.0. The minimum absolute atomic E-state index is 0.138. The summed E-state index contributed by atoms with van der Waals surface area (Å²) in [6.45, 7) is 6.14. The lowest BCUT2D eigenvalue weighted by molar-refractivity contribution is -0.128. The Labute approximate surface area is 170 Å². The van der Waals surface area contributed by atoms with E-state index in [1.165, 1.54) is 11.3 Å². The maximum atomic E-state index is 13.2. The number of hydrogen-bond donors (Lipinski definition) is 1. The van der Waals surface area contributed by atoms with Gasteiger partial charge in [0.1, 0.15) is 10.7 Å². The monoisotopic (exact) mass is 415 g/mol. The van der Waals surface area contributed by atoms with Gasteiger partial charge in [0, 0.05) is 18.0 Å². The van der Waals surface area contributed by atoms with Crippen molar-refractivity contribution in [1.82, 2.24) is 14.9 Å². The van der Waals surface area contributed by atoms with Crippen LogP contribution >= 0.6 is 22.7 Å². The van der Waals surface area contributed by atoms with Crippen LogP contribution in [0.1, 0.15) is 28.8 Å². The number of nitrogens with zero attached hydrogens (tertiary/aromatic N) is 2. The molecule has 146 valence electrons. The minimum Gasteiger partial charge on any atom is -0.378 e. The van der Waals surface area contributed by atoms with Crippen molar-refractivity contribution in [2.75, 3.05) is 26.3 Å². The third-order valence-electron chi connectivity index (χ3n) is 4.85. The van der Waals surface area contributed by atoms with Crippen LogP contribution in [0.15, 0.2) is 21.6 Å². The van der Waals surface area contributed by atoms with Gasteiger partial charge in [0.2, 0.25) is 0 Å². The van der Waals surface area contributed by atoms with Crippen LogP contribution in [0, 0.1) is 6.92 Å². The summed E-state index contributed by atoms with van der Waals surface area (Å²) in [5.41, 5.74) is 2.17. The van der Waals surface area contributed by atoms with Crippen LogP contribution in [-0.4, -0.2) is 47.1 Å². The smallest absolute Gasteiger partial charge is 0.260 e. The number of carbonyl (C=O) groups excluding carboxylic acids is 1. The number of H-pyrrole nitrogens is 1. The Balaban J connectivity index is 1.84. The number of rotatable bonds is 4. The predicted molar refractivity (Wildman–Crippen MR) is 114 cm³/mol. The average molecular weight is 416 g/mol. The molecule has 0 unspecified atom stereocenters. The molecule has 6 nitrogen and oxygen atoms in total. The van der Waals surface area contributed by atoms with E-state index in [1.807, 2.05) is 30.7 Å². The molecule has 1 aliphatic rings. The highest BCUT2D eigenvalue weighted by Crippen LogP contribution is 2.29. The highest BCUT2D eigenvalue weighted by atomic mass is 32.1.